The van der Waals surface area contributed by atoms with E-state index in [0.717, 1.165) is 0 Å². The fourth-order valence-electron chi connectivity index (χ4n) is 3.23. The molecule has 0 spiro atoms. The first-order valence-corrected chi connectivity index (χ1v) is 11.6. The van der Waals surface area contributed by atoms with Gasteiger partial charge in [-0.15, -0.1) is 0 Å². The van der Waals surface area contributed by atoms with E-state index in [0.29, 0.717) is 12.0 Å². The second kappa shape index (κ2) is 13.6. The van der Waals surface area contributed by atoms with Crippen LogP contribution >= 0.6 is 0 Å². The number of carboxylic acid groups (broad SMARTS) is 1. The third-order valence-electron chi connectivity index (χ3n) is 5.87. The van der Waals surface area contributed by atoms with Gasteiger partial charge >= 0.3 is 5.97 Å². The summed E-state index contributed by atoms with van der Waals surface area (Å²) in [5, 5.41) is 36.5. The summed E-state index contributed by atoms with van der Waals surface area (Å²) in [5.41, 5.74) is 6.52. The predicted molar refractivity (Wildman–Crippen MR) is 129 cm³/mol. The van der Waals surface area contributed by atoms with Crippen molar-refractivity contribution >= 4 is 23.7 Å². The quantitative estimate of drug-likeness (QED) is 0.197. The van der Waals surface area contributed by atoms with E-state index in [1.54, 1.807) is 39.8 Å². The molecule has 1 aromatic rings. The van der Waals surface area contributed by atoms with E-state index in [4.69, 9.17) is 5.73 Å². The van der Waals surface area contributed by atoms with E-state index in [1.165, 1.54) is 19.1 Å². The van der Waals surface area contributed by atoms with Gasteiger partial charge < -0.3 is 37.0 Å². The Hall–Kier alpha value is -3.18. The summed E-state index contributed by atoms with van der Waals surface area (Å²) in [5.74, 6) is -3.99. The molecular formula is C24H38N4O7. The Bertz CT molecular complexity index is 873. The summed E-state index contributed by atoms with van der Waals surface area (Å²) in [4.78, 5) is 50.1. The maximum absolute atomic E-state index is 13.1. The Labute approximate surface area is 205 Å². The lowest BCUT2D eigenvalue weighted by molar-refractivity contribution is -0.144. The Morgan fingerprint density at radius 2 is 1.43 bits per heavy atom. The van der Waals surface area contributed by atoms with Crippen molar-refractivity contribution < 1.29 is 34.5 Å². The van der Waals surface area contributed by atoms with Crippen LogP contribution in [0.5, 0.6) is 5.75 Å². The number of hydrogen-bond donors (Lipinski definition) is 7. The van der Waals surface area contributed by atoms with Crippen LogP contribution in [0.4, 0.5) is 0 Å². The SMILES string of the molecule is CCC(C)C(NC(=O)C(NC(=O)C(Cc1ccc(O)cc1)NC(=O)C(N)C(C)C)C(C)O)C(=O)O. The zero-order valence-corrected chi connectivity index (χ0v) is 20.8. The monoisotopic (exact) mass is 494 g/mol. The second-order valence-electron chi connectivity index (χ2n) is 9.14. The van der Waals surface area contributed by atoms with Crippen molar-refractivity contribution in [3.8, 4) is 5.75 Å². The molecule has 0 saturated carbocycles. The van der Waals surface area contributed by atoms with Crippen LogP contribution in [0.25, 0.3) is 0 Å². The van der Waals surface area contributed by atoms with Crippen molar-refractivity contribution in [2.24, 2.45) is 17.6 Å². The largest absolute Gasteiger partial charge is 0.508 e. The molecule has 6 unspecified atom stereocenters. The molecule has 1 rings (SSSR count). The van der Waals surface area contributed by atoms with Gasteiger partial charge in [0.15, 0.2) is 0 Å². The Morgan fingerprint density at radius 3 is 1.89 bits per heavy atom. The van der Waals surface area contributed by atoms with Crippen molar-refractivity contribution in [2.45, 2.75) is 77.7 Å². The number of rotatable bonds is 13. The highest BCUT2D eigenvalue weighted by atomic mass is 16.4. The lowest BCUT2D eigenvalue weighted by atomic mass is 9.98. The molecule has 196 valence electrons. The van der Waals surface area contributed by atoms with E-state index in [9.17, 15) is 34.5 Å². The molecule has 0 aliphatic rings. The molecule has 0 radical (unpaired) electrons. The molecule has 3 amide bonds. The molecule has 11 heteroatoms. The van der Waals surface area contributed by atoms with Gasteiger partial charge in [0, 0.05) is 6.42 Å². The van der Waals surface area contributed by atoms with E-state index in [-0.39, 0.29) is 24.0 Å². The molecule has 1 aromatic carbocycles. The molecule has 8 N–H and O–H groups in total. The first kappa shape index (κ1) is 29.9. The van der Waals surface area contributed by atoms with Crippen molar-refractivity contribution in [2.75, 3.05) is 0 Å². The predicted octanol–water partition coefficient (Wildman–Crippen LogP) is -0.116. The van der Waals surface area contributed by atoms with Crippen LogP contribution in [0.3, 0.4) is 0 Å². The number of carbonyl (C=O) groups excluding carboxylic acids is 3. The minimum atomic E-state index is -1.47. The van der Waals surface area contributed by atoms with Gasteiger partial charge in [0.1, 0.15) is 23.9 Å². The molecule has 0 aliphatic heterocycles. The first-order chi connectivity index (χ1) is 16.3. The number of phenols is 1. The zero-order valence-electron chi connectivity index (χ0n) is 20.8. The van der Waals surface area contributed by atoms with Crippen LogP contribution in [-0.2, 0) is 25.6 Å². The number of aromatic hydroxyl groups is 1. The van der Waals surface area contributed by atoms with E-state index in [2.05, 4.69) is 16.0 Å². The minimum absolute atomic E-state index is 0.0153. The van der Waals surface area contributed by atoms with Crippen LogP contribution in [0.1, 0.15) is 46.6 Å². The molecule has 0 saturated heterocycles. The standard InChI is InChI=1S/C24H38N4O7/c1-6-13(4)19(24(34)35)27-23(33)20(14(5)29)28-21(31)17(26-22(32)18(25)12(2)3)11-15-7-9-16(30)10-8-15/h7-10,12-14,17-20,29-30H,6,11,25H2,1-5H3,(H,26,32)(H,27,33)(H,28,31)(H,34,35). The third-order valence-corrected chi connectivity index (χ3v) is 5.87. The fourth-order valence-corrected chi connectivity index (χ4v) is 3.23. The molecular weight excluding hydrogens is 456 g/mol. The van der Waals surface area contributed by atoms with Crippen LogP contribution in [0.2, 0.25) is 0 Å². The number of hydrogen-bond acceptors (Lipinski definition) is 7. The lowest BCUT2D eigenvalue weighted by Crippen LogP contribution is -2.61. The molecule has 6 atom stereocenters. The average molecular weight is 495 g/mol. The molecule has 35 heavy (non-hydrogen) atoms. The Kier molecular flexibility index (Phi) is 11.6. The van der Waals surface area contributed by atoms with E-state index >= 15 is 0 Å². The highest BCUT2D eigenvalue weighted by molar-refractivity contribution is 5.94. The van der Waals surface area contributed by atoms with Crippen molar-refractivity contribution in [1.82, 2.24) is 16.0 Å². The van der Waals surface area contributed by atoms with Crippen molar-refractivity contribution in [3.63, 3.8) is 0 Å². The number of carboxylic acids is 1. The van der Waals surface area contributed by atoms with Crippen LogP contribution in [-0.4, -0.2) is 69.3 Å². The highest BCUT2D eigenvalue weighted by Crippen LogP contribution is 2.13. The summed E-state index contributed by atoms with van der Waals surface area (Å²) >= 11 is 0. The Morgan fingerprint density at radius 1 is 0.886 bits per heavy atom. The molecule has 0 bridgehead atoms. The summed E-state index contributed by atoms with van der Waals surface area (Å²) in [7, 11) is 0. The van der Waals surface area contributed by atoms with Gasteiger partial charge in [-0.1, -0.05) is 46.2 Å². The van der Waals surface area contributed by atoms with Gasteiger partial charge in [-0.05, 0) is 36.5 Å². The number of aliphatic hydroxyl groups excluding tert-OH is 1. The topological polar surface area (TPSA) is 191 Å². The van der Waals surface area contributed by atoms with Gasteiger partial charge in [0.25, 0.3) is 0 Å². The number of phenolic OH excluding ortho intramolecular Hbond substituents is 1. The van der Waals surface area contributed by atoms with Crippen molar-refractivity contribution in [1.29, 1.82) is 0 Å². The maximum atomic E-state index is 13.1. The van der Waals surface area contributed by atoms with Crippen molar-refractivity contribution in [3.05, 3.63) is 29.8 Å². The first-order valence-electron chi connectivity index (χ1n) is 11.6. The summed E-state index contributed by atoms with van der Waals surface area (Å²) in [6.45, 7) is 8.23. The normalized spacial score (nSPS) is 16.3. The number of benzene rings is 1. The van der Waals surface area contributed by atoms with Gasteiger partial charge in [-0.2, -0.15) is 0 Å². The average Bonchev–Trinajstić information content (AvgIpc) is 2.79. The highest BCUT2D eigenvalue weighted by Gasteiger charge is 2.34. The number of nitrogens with two attached hydrogens (primary N) is 1. The lowest BCUT2D eigenvalue weighted by Gasteiger charge is -2.28. The summed E-state index contributed by atoms with van der Waals surface area (Å²) < 4.78 is 0. The van der Waals surface area contributed by atoms with Gasteiger partial charge in [0.05, 0.1) is 12.1 Å². The summed E-state index contributed by atoms with van der Waals surface area (Å²) in [6.07, 6.45) is -0.852. The fraction of sp³-hybridized carbons (Fsp3) is 0.583. The van der Waals surface area contributed by atoms with Gasteiger partial charge in [0.2, 0.25) is 17.7 Å². The van der Waals surface area contributed by atoms with Gasteiger partial charge in [-0.25, -0.2) is 4.79 Å². The van der Waals surface area contributed by atoms with E-state index < -0.39 is 54.0 Å². The smallest absolute Gasteiger partial charge is 0.326 e. The number of nitrogens with one attached hydrogen (secondary N) is 3. The number of aliphatic hydroxyl groups is 1. The number of aliphatic carboxylic acids is 1. The van der Waals surface area contributed by atoms with Crippen LogP contribution in [0, 0.1) is 11.8 Å². The zero-order chi connectivity index (χ0) is 26.9. The number of amides is 3. The second-order valence-corrected chi connectivity index (χ2v) is 9.14. The molecule has 0 fully saturated rings. The van der Waals surface area contributed by atoms with E-state index in [1.807, 2.05) is 0 Å². The third kappa shape index (κ3) is 9.18. The minimum Gasteiger partial charge on any atom is -0.508 e. The molecule has 0 heterocycles. The molecule has 0 aliphatic carbocycles. The summed E-state index contributed by atoms with van der Waals surface area (Å²) in [6, 6.07) is 1.30. The number of carbonyl (C=O) groups is 4. The molecule has 0 aromatic heterocycles. The maximum Gasteiger partial charge on any atom is 0.326 e. The van der Waals surface area contributed by atoms with Crippen LogP contribution < -0.4 is 21.7 Å². The molecule has 11 nitrogen and oxygen atoms in total. The van der Waals surface area contributed by atoms with Gasteiger partial charge in [-0.3, -0.25) is 14.4 Å². The van der Waals surface area contributed by atoms with Crippen LogP contribution in [0.15, 0.2) is 24.3 Å². The Balaban J connectivity index is 3.13.